The van der Waals surface area contributed by atoms with Gasteiger partial charge in [-0.3, -0.25) is 0 Å². The summed E-state index contributed by atoms with van der Waals surface area (Å²) in [4.78, 5) is 2.42. The molecule has 0 atom stereocenters. The minimum absolute atomic E-state index is 0.499. The van der Waals surface area contributed by atoms with E-state index in [0.29, 0.717) is 12.8 Å². The number of nitrogens with zero attached hydrogens (tertiary/aromatic N) is 2. The lowest BCUT2D eigenvalue weighted by Gasteiger charge is -2.18. The van der Waals surface area contributed by atoms with E-state index in [1.165, 1.54) is 15.4 Å². The molecule has 0 amide bonds. The topological polar surface area (TPSA) is 47.6 Å². The molecule has 0 aromatic heterocycles. The largest absolute Gasteiger partial charge is 0.197 e. The summed E-state index contributed by atoms with van der Waals surface area (Å²) < 4.78 is 0. The predicted octanol–water partition coefficient (Wildman–Crippen LogP) is 6.30. The summed E-state index contributed by atoms with van der Waals surface area (Å²) in [5, 5.41) is 19.1. The van der Waals surface area contributed by atoms with Crippen molar-refractivity contribution in [3.8, 4) is 12.1 Å². The Labute approximate surface area is 155 Å². The van der Waals surface area contributed by atoms with Crippen LogP contribution in [0.2, 0.25) is 0 Å². The molecule has 0 aliphatic heterocycles. The molecule has 3 heteroatoms. The second kappa shape index (κ2) is 9.30. The van der Waals surface area contributed by atoms with Gasteiger partial charge in [0.05, 0.1) is 12.1 Å². The van der Waals surface area contributed by atoms with E-state index in [9.17, 15) is 10.5 Å². The van der Waals surface area contributed by atoms with Gasteiger partial charge in [-0.1, -0.05) is 68.3 Å². The van der Waals surface area contributed by atoms with Crippen molar-refractivity contribution in [2.75, 3.05) is 0 Å². The van der Waals surface area contributed by atoms with E-state index in [2.05, 4.69) is 50.3 Å². The van der Waals surface area contributed by atoms with Crippen molar-refractivity contribution in [1.82, 2.24) is 0 Å². The summed E-state index contributed by atoms with van der Waals surface area (Å²) in [6.45, 7) is 4.24. The Morgan fingerprint density at radius 2 is 1.64 bits per heavy atom. The van der Waals surface area contributed by atoms with Gasteiger partial charge in [0.1, 0.15) is 5.41 Å². The lowest BCUT2D eigenvalue weighted by atomic mass is 9.80. The third-order valence-corrected chi connectivity index (χ3v) is 5.57. The fraction of sp³-hybridized carbons (Fsp3) is 0.364. The number of nitriles is 2. The molecule has 0 spiro atoms. The van der Waals surface area contributed by atoms with E-state index in [4.69, 9.17) is 0 Å². The zero-order valence-electron chi connectivity index (χ0n) is 15.0. The van der Waals surface area contributed by atoms with Gasteiger partial charge in [-0.05, 0) is 42.7 Å². The third-order valence-electron chi connectivity index (χ3n) is 4.39. The fourth-order valence-corrected chi connectivity index (χ4v) is 3.70. The van der Waals surface area contributed by atoms with E-state index in [1.54, 1.807) is 11.8 Å². The Morgan fingerprint density at radius 1 is 0.960 bits per heavy atom. The smallest absolute Gasteiger partial charge is 0.147 e. The molecule has 0 unspecified atom stereocenters. The molecule has 2 aromatic rings. The van der Waals surface area contributed by atoms with Crippen LogP contribution in [0.1, 0.15) is 43.7 Å². The van der Waals surface area contributed by atoms with Gasteiger partial charge in [-0.2, -0.15) is 10.5 Å². The number of hydrogen-bond acceptors (Lipinski definition) is 3. The molecule has 0 radical (unpaired) electrons. The number of aryl methyl sites for hydroxylation is 1. The van der Waals surface area contributed by atoms with Crippen LogP contribution in [0.25, 0.3) is 0 Å². The minimum Gasteiger partial charge on any atom is -0.197 e. The molecular weight excluding hydrogens is 324 g/mol. The predicted molar refractivity (Wildman–Crippen MR) is 103 cm³/mol. The maximum atomic E-state index is 9.54. The molecule has 2 aromatic carbocycles. The Bertz CT molecular complexity index is 752. The summed E-state index contributed by atoms with van der Waals surface area (Å²) >= 11 is 1.74. The molecule has 128 valence electrons. The van der Waals surface area contributed by atoms with Crippen molar-refractivity contribution in [1.29, 1.82) is 10.5 Å². The van der Waals surface area contributed by atoms with Gasteiger partial charge in [-0.15, -0.1) is 0 Å². The van der Waals surface area contributed by atoms with Crippen LogP contribution in [0.5, 0.6) is 0 Å². The molecule has 0 aliphatic rings. The van der Waals surface area contributed by atoms with Crippen molar-refractivity contribution in [2.45, 2.75) is 55.7 Å². The number of rotatable bonds is 8. The summed E-state index contributed by atoms with van der Waals surface area (Å²) in [7, 11) is 0. The maximum absolute atomic E-state index is 9.54. The van der Waals surface area contributed by atoms with Gasteiger partial charge in [0.2, 0.25) is 0 Å². The standard InChI is InChI=1S/C22H24N2S/c1-3-4-7-14-22(16-23,17-24)15-19-10-12-20(13-11-19)25-21-9-6-5-8-18(21)2/h5-6,8-13H,3-4,7,14-15H2,1-2H3. The Hall–Kier alpha value is -2.23. The molecule has 0 fully saturated rings. The lowest BCUT2D eigenvalue weighted by molar-refractivity contribution is 0.445. The van der Waals surface area contributed by atoms with E-state index < -0.39 is 5.41 Å². The number of unbranched alkanes of at least 4 members (excludes halogenated alkanes) is 2. The second-order valence-electron chi connectivity index (χ2n) is 6.45. The summed E-state index contributed by atoms with van der Waals surface area (Å²) in [5.41, 5.74) is 1.41. The van der Waals surface area contributed by atoms with Gasteiger partial charge in [0.25, 0.3) is 0 Å². The highest BCUT2D eigenvalue weighted by Gasteiger charge is 2.29. The normalized spacial score (nSPS) is 10.9. The van der Waals surface area contributed by atoms with E-state index >= 15 is 0 Å². The van der Waals surface area contributed by atoms with Crippen molar-refractivity contribution in [3.63, 3.8) is 0 Å². The van der Waals surface area contributed by atoms with Crippen LogP contribution in [0.15, 0.2) is 58.3 Å². The van der Waals surface area contributed by atoms with Gasteiger partial charge < -0.3 is 0 Å². The van der Waals surface area contributed by atoms with Crippen LogP contribution >= 0.6 is 11.8 Å². The van der Waals surface area contributed by atoms with Gasteiger partial charge in [0, 0.05) is 16.2 Å². The number of benzene rings is 2. The minimum atomic E-state index is -0.903. The van der Waals surface area contributed by atoms with Crippen LogP contribution in [0.4, 0.5) is 0 Å². The van der Waals surface area contributed by atoms with Gasteiger partial charge in [0.15, 0.2) is 0 Å². The van der Waals surface area contributed by atoms with Crippen molar-refractivity contribution >= 4 is 11.8 Å². The van der Waals surface area contributed by atoms with Crippen LogP contribution in [0, 0.1) is 35.0 Å². The molecule has 0 bridgehead atoms. The van der Waals surface area contributed by atoms with Crippen LogP contribution in [-0.4, -0.2) is 0 Å². The van der Waals surface area contributed by atoms with E-state index in [1.807, 2.05) is 24.3 Å². The fourth-order valence-electron chi connectivity index (χ4n) is 2.80. The average molecular weight is 349 g/mol. The summed E-state index contributed by atoms with van der Waals surface area (Å²) in [6, 6.07) is 21.1. The van der Waals surface area contributed by atoms with Gasteiger partial charge >= 0.3 is 0 Å². The Balaban J connectivity index is 2.07. The summed E-state index contributed by atoms with van der Waals surface area (Å²) in [6.07, 6.45) is 4.24. The zero-order valence-corrected chi connectivity index (χ0v) is 15.8. The van der Waals surface area contributed by atoms with Crippen LogP contribution < -0.4 is 0 Å². The number of hydrogen-bond donors (Lipinski definition) is 0. The molecule has 0 aliphatic carbocycles. The first-order chi connectivity index (χ1) is 12.1. The molecule has 0 N–H and O–H groups in total. The highest BCUT2D eigenvalue weighted by Crippen LogP contribution is 2.32. The molecule has 0 saturated heterocycles. The van der Waals surface area contributed by atoms with Crippen molar-refractivity contribution < 1.29 is 0 Å². The van der Waals surface area contributed by atoms with Crippen molar-refractivity contribution in [2.24, 2.45) is 5.41 Å². The molecule has 2 rings (SSSR count). The second-order valence-corrected chi connectivity index (χ2v) is 7.57. The molecule has 0 saturated carbocycles. The first kappa shape index (κ1) is 19.1. The van der Waals surface area contributed by atoms with E-state index in [0.717, 1.165) is 24.8 Å². The Morgan fingerprint density at radius 3 is 2.24 bits per heavy atom. The summed E-state index contributed by atoms with van der Waals surface area (Å²) in [5.74, 6) is 0. The van der Waals surface area contributed by atoms with Crippen LogP contribution in [-0.2, 0) is 6.42 Å². The van der Waals surface area contributed by atoms with Crippen LogP contribution in [0.3, 0.4) is 0 Å². The molecule has 2 nitrogen and oxygen atoms in total. The maximum Gasteiger partial charge on any atom is 0.147 e. The molecule has 25 heavy (non-hydrogen) atoms. The monoisotopic (exact) mass is 348 g/mol. The Kier molecular flexibility index (Phi) is 7.11. The molecule has 0 heterocycles. The zero-order chi connectivity index (χ0) is 18.1. The molecular formula is C22H24N2S. The highest BCUT2D eigenvalue weighted by molar-refractivity contribution is 7.99. The third kappa shape index (κ3) is 5.38. The van der Waals surface area contributed by atoms with Crippen molar-refractivity contribution in [3.05, 3.63) is 59.7 Å². The average Bonchev–Trinajstić information content (AvgIpc) is 2.64. The van der Waals surface area contributed by atoms with E-state index in [-0.39, 0.29) is 0 Å². The first-order valence-corrected chi connectivity index (χ1v) is 9.59. The van der Waals surface area contributed by atoms with Gasteiger partial charge in [-0.25, -0.2) is 0 Å². The quantitative estimate of drug-likeness (QED) is 0.526. The highest BCUT2D eigenvalue weighted by atomic mass is 32.2. The SMILES string of the molecule is CCCCCC(C#N)(C#N)Cc1ccc(Sc2ccccc2C)cc1. The lowest BCUT2D eigenvalue weighted by Crippen LogP contribution is -2.19. The first-order valence-electron chi connectivity index (χ1n) is 8.77.